The highest BCUT2D eigenvalue weighted by molar-refractivity contribution is 5.74. The number of carbonyl (C=O) groups is 1. The molecule has 2 unspecified atom stereocenters. The van der Waals surface area contributed by atoms with E-state index in [4.69, 9.17) is 0 Å². The zero-order valence-corrected chi connectivity index (χ0v) is 8.94. The summed E-state index contributed by atoms with van der Waals surface area (Å²) in [6, 6.07) is 8.67. The van der Waals surface area contributed by atoms with Crippen molar-refractivity contribution >= 4 is 5.91 Å². The van der Waals surface area contributed by atoms with Crippen LogP contribution in [-0.4, -0.2) is 23.9 Å². The molecule has 1 heterocycles. The number of likely N-dealkylation sites (tertiary alicyclic amines) is 1. The molecule has 1 aliphatic heterocycles. The van der Waals surface area contributed by atoms with Gasteiger partial charge in [0.2, 0.25) is 5.91 Å². The van der Waals surface area contributed by atoms with E-state index in [9.17, 15) is 4.79 Å². The Hall–Kier alpha value is -1.31. The van der Waals surface area contributed by atoms with Crippen LogP contribution in [0.5, 0.6) is 0 Å². The first-order valence-corrected chi connectivity index (χ1v) is 5.60. The van der Waals surface area contributed by atoms with E-state index in [2.05, 4.69) is 24.3 Å². The van der Waals surface area contributed by atoms with Crippen LogP contribution in [0, 0.1) is 0 Å². The van der Waals surface area contributed by atoms with Gasteiger partial charge in [0.05, 0.1) is 0 Å². The largest absolute Gasteiger partial charge is 0.342 e. The minimum absolute atomic E-state index is 0.220. The predicted molar refractivity (Wildman–Crippen MR) is 58.8 cm³/mol. The summed E-state index contributed by atoms with van der Waals surface area (Å²) in [7, 11) is 0. The highest BCUT2D eigenvalue weighted by Gasteiger charge is 2.37. The number of hydrogen-bond donors (Lipinski definition) is 0. The number of hydrogen-bond acceptors (Lipinski definition) is 1. The normalized spacial score (nSPS) is 27.7. The highest BCUT2D eigenvalue weighted by atomic mass is 16.2. The zero-order valence-electron chi connectivity index (χ0n) is 8.94. The van der Waals surface area contributed by atoms with Gasteiger partial charge in [0, 0.05) is 31.8 Å². The van der Waals surface area contributed by atoms with Gasteiger partial charge in [-0.2, -0.15) is 0 Å². The summed E-state index contributed by atoms with van der Waals surface area (Å²) >= 11 is 0. The standard InChI is InChI=1S/C13H15NO/c1-9(15)14-7-10-6-11(8-14)13-5-3-2-4-12(10)13/h2-5,10-11H,6-8H2,1H3. The molecule has 2 atom stereocenters. The molecule has 78 valence electrons. The Kier molecular flexibility index (Phi) is 1.84. The van der Waals surface area contributed by atoms with Gasteiger partial charge < -0.3 is 4.90 Å². The first-order chi connectivity index (χ1) is 7.25. The molecular weight excluding hydrogens is 186 g/mol. The number of nitrogens with zero attached hydrogens (tertiary/aromatic N) is 1. The van der Waals surface area contributed by atoms with E-state index in [0.29, 0.717) is 11.8 Å². The van der Waals surface area contributed by atoms with E-state index < -0.39 is 0 Å². The second kappa shape index (κ2) is 3.09. The third kappa shape index (κ3) is 1.28. The fourth-order valence-corrected chi connectivity index (χ4v) is 3.06. The third-order valence-corrected chi connectivity index (χ3v) is 3.77. The van der Waals surface area contributed by atoms with Crippen LogP contribution in [0.25, 0.3) is 0 Å². The summed E-state index contributed by atoms with van der Waals surface area (Å²) in [5.41, 5.74) is 2.96. The number of amides is 1. The molecule has 15 heavy (non-hydrogen) atoms. The van der Waals surface area contributed by atoms with Crippen LogP contribution in [-0.2, 0) is 4.79 Å². The Morgan fingerprint density at radius 2 is 1.73 bits per heavy atom. The van der Waals surface area contributed by atoms with Crippen molar-refractivity contribution in [2.24, 2.45) is 0 Å². The highest BCUT2D eigenvalue weighted by Crippen LogP contribution is 2.45. The van der Waals surface area contributed by atoms with Crippen LogP contribution in [0.3, 0.4) is 0 Å². The van der Waals surface area contributed by atoms with E-state index in [1.807, 2.05) is 4.90 Å². The van der Waals surface area contributed by atoms with Gasteiger partial charge in [0.15, 0.2) is 0 Å². The summed E-state index contributed by atoms with van der Waals surface area (Å²) in [4.78, 5) is 13.4. The molecule has 0 spiro atoms. The maximum absolute atomic E-state index is 11.4. The van der Waals surface area contributed by atoms with Gasteiger partial charge in [-0.1, -0.05) is 24.3 Å². The maximum atomic E-state index is 11.4. The smallest absolute Gasteiger partial charge is 0.219 e. The topological polar surface area (TPSA) is 20.3 Å². The lowest BCUT2D eigenvalue weighted by Gasteiger charge is -2.31. The summed E-state index contributed by atoms with van der Waals surface area (Å²) < 4.78 is 0. The van der Waals surface area contributed by atoms with E-state index in [1.54, 1.807) is 6.92 Å². The van der Waals surface area contributed by atoms with E-state index in [1.165, 1.54) is 17.5 Å². The quantitative estimate of drug-likeness (QED) is 0.629. The molecule has 0 N–H and O–H groups in total. The lowest BCUT2D eigenvalue weighted by atomic mass is 9.96. The van der Waals surface area contributed by atoms with Gasteiger partial charge >= 0.3 is 0 Å². The Morgan fingerprint density at radius 3 is 2.20 bits per heavy atom. The van der Waals surface area contributed by atoms with Crippen molar-refractivity contribution in [1.29, 1.82) is 0 Å². The van der Waals surface area contributed by atoms with Gasteiger partial charge in [-0.3, -0.25) is 4.79 Å². The fraction of sp³-hybridized carbons (Fsp3) is 0.462. The van der Waals surface area contributed by atoms with Crippen LogP contribution in [0.2, 0.25) is 0 Å². The third-order valence-electron chi connectivity index (χ3n) is 3.77. The molecule has 3 rings (SSSR count). The Labute approximate surface area is 89.9 Å². The number of benzene rings is 1. The maximum Gasteiger partial charge on any atom is 0.219 e. The van der Waals surface area contributed by atoms with Gasteiger partial charge in [-0.25, -0.2) is 0 Å². The molecule has 2 heteroatoms. The van der Waals surface area contributed by atoms with Crippen molar-refractivity contribution in [3.8, 4) is 0 Å². The van der Waals surface area contributed by atoms with Gasteiger partial charge in [0.1, 0.15) is 0 Å². The second-order valence-electron chi connectivity index (χ2n) is 4.68. The lowest BCUT2D eigenvalue weighted by Crippen LogP contribution is -2.38. The molecule has 2 aliphatic rings. The van der Waals surface area contributed by atoms with Crippen molar-refractivity contribution in [3.63, 3.8) is 0 Å². The minimum atomic E-state index is 0.220. The van der Waals surface area contributed by atoms with Gasteiger partial charge in [-0.05, 0) is 17.5 Å². The van der Waals surface area contributed by atoms with Crippen molar-refractivity contribution < 1.29 is 4.79 Å². The molecule has 1 amide bonds. The average molecular weight is 201 g/mol. The van der Waals surface area contributed by atoms with E-state index in [-0.39, 0.29) is 5.91 Å². The van der Waals surface area contributed by atoms with Crippen molar-refractivity contribution in [3.05, 3.63) is 35.4 Å². The van der Waals surface area contributed by atoms with Crippen LogP contribution in [0.1, 0.15) is 36.3 Å². The van der Waals surface area contributed by atoms with Gasteiger partial charge in [0.25, 0.3) is 0 Å². The number of piperidine rings is 1. The first kappa shape index (κ1) is 8.96. The molecule has 1 saturated heterocycles. The average Bonchev–Trinajstić information content (AvgIpc) is 2.52. The molecule has 2 nitrogen and oxygen atoms in total. The predicted octanol–water partition coefficient (Wildman–Crippen LogP) is 2.12. The van der Waals surface area contributed by atoms with Crippen LogP contribution in [0.15, 0.2) is 24.3 Å². The van der Waals surface area contributed by atoms with E-state index >= 15 is 0 Å². The summed E-state index contributed by atoms with van der Waals surface area (Å²) in [5, 5.41) is 0. The molecular formula is C13H15NO. The first-order valence-electron chi connectivity index (χ1n) is 5.60. The monoisotopic (exact) mass is 201 g/mol. The lowest BCUT2D eigenvalue weighted by molar-refractivity contribution is -0.130. The zero-order chi connectivity index (χ0) is 10.4. The molecule has 1 fully saturated rings. The SMILES string of the molecule is CC(=O)N1CC2CC(C1)c1ccccc12. The van der Waals surface area contributed by atoms with E-state index in [0.717, 1.165) is 13.1 Å². The van der Waals surface area contributed by atoms with Crippen molar-refractivity contribution in [2.75, 3.05) is 13.1 Å². The second-order valence-corrected chi connectivity index (χ2v) is 4.68. The molecule has 0 aromatic heterocycles. The summed E-state index contributed by atoms with van der Waals surface area (Å²) in [5.74, 6) is 1.39. The van der Waals surface area contributed by atoms with Crippen molar-refractivity contribution in [1.82, 2.24) is 4.90 Å². The Bertz CT molecular complexity index is 382. The number of rotatable bonds is 0. The molecule has 0 radical (unpaired) electrons. The van der Waals surface area contributed by atoms with Crippen LogP contribution >= 0.6 is 0 Å². The Morgan fingerprint density at radius 1 is 1.20 bits per heavy atom. The number of fused-ring (bicyclic) bond motifs is 5. The molecule has 2 bridgehead atoms. The number of carbonyl (C=O) groups excluding carboxylic acids is 1. The van der Waals surface area contributed by atoms with Crippen LogP contribution < -0.4 is 0 Å². The molecule has 1 aromatic rings. The summed E-state index contributed by atoms with van der Waals surface area (Å²) in [6.45, 7) is 3.51. The van der Waals surface area contributed by atoms with Gasteiger partial charge in [-0.15, -0.1) is 0 Å². The van der Waals surface area contributed by atoms with Crippen LogP contribution in [0.4, 0.5) is 0 Å². The molecule has 1 aliphatic carbocycles. The Balaban J connectivity index is 1.98. The van der Waals surface area contributed by atoms with Crippen molar-refractivity contribution in [2.45, 2.75) is 25.2 Å². The summed E-state index contributed by atoms with van der Waals surface area (Å²) in [6.07, 6.45) is 1.24. The minimum Gasteiger partial charge on any atom is -0.342 e. The molecule has 0 saturated carbocycles. The molecule has 1 aromatic carbocycles. The fourth-order valence-electron chi connectivity index (χ4n) is 3.06.